The number of rotatable bonds is 1. The normalized spacial score (nSPS) is 20.6. The molecule has 2 rings (SSSR count). The Morgan fingerprint density at radius 3 is 2.75 bits per heavy atom. The quantitative estimate of drug-likeness (QED) is 0.763. The number of amides is 1. The topological polar surface area (TPSA) is 63.4 Å². The molecule has 2 N–H and O–H groups in total. The van der Waals surface area contributed by atoms with Gasteiger partial charge in [-0.15, -0.1) is 0 Å². The van der Waals surface area contributed by atoms with E-state index in [0.717, 1.165) is 0 Å². The fourth-order valence-electron chi connectivity index (χ4n) is 1.99. The predicted octanol–water partition coefficient (Wildman–Crippen LogP) is 0.953. The Hall–Kier alpha value is -1.68. The molecule has 84 valence electrons. The largest absolute Gasteiger partial charge is 0.320 e. The van der Waals surface area contributed by atoms with Gasteiger partial charge in [-0.05, 0) is 19.1 Å². The van der Waals surface area contributed by atoms with E-state index in [2.05, 4.69) is 0 Å². The Labute approximate surface area is 94.0 Å². The van der Waals surface area contributed by atoms with E-state index in [0.29, 0.717) is 17.8 Å². The molecule has 4 nitrogen and oxygen atoms in total. The zero-order valence-corrected chi connectivity index (χ0v) is 9.14. The summed E-state index contributed by atoms with van der Waals surface area (Å²) in [5.74, 6) is -0.242. The summed E-state index contributed by atoms with van der Waals surface area (Å²) in [6, 6.07) is 6.42. The van der Waals surface area contributed by atoms with Gasteiger partial charge in [0.2, 0.25) is 5.91 Å². The Kier molecular flexibility index (Phi) is 2.75. The fraction of sp³-hybridized carbons (Fsp3) is 0.333. The van der Waals surface area contributed by atoms with Crippen LogP contribution in [0.5, 0.6) is 0 Å². The van der Waals surface area contributed by atoms with Crippen molar-refractivity contribution in [1.82, 2.24) is 0 Å². The summed E-state index contributed by atoms with van der Waals surface area (Å²) in [7, 11) is 0. The first-order chi connectivity index (χ1) is 7.65. The number of carbonyl (C=O) groups is 2. The second-order valence-electron chi connectivity index (χ2n) is 3.83. The second-order valence-corrected chi connectivity index (χ2v) is 3.83. The highest BCUT2D eigenvalue weighted by Crippen LogP contribution is 2.26. The smallest absolute Gasteiger partial charge is 0.244 e. The van der Waals surface area contributed by atoms with E-state index < -0.39 is 6.04 Å². The van der Waals surface area contributed by atoms with Crippen LogP contribution in [0, 0.1) is 0 Å². The van der Waals surface area contributed by atoms with Gasteiger partial charge in [-0.25, -0.2) is 0 Å². The molecule has 1 aromatic carbocycles. The van der Waals surface area contributed by atoms with Crippen LogP contribution >= 0.6 is 0 Å². The zero-order valence-electron chi connectivity index (χ0n) is 9.14. The molecular formula is C12H14N2O2. The van der Waals surface area contributed by atoms with Crippen LogP contribution in [0.1, 0.15) is 23.7 Å². The lowest BCUT2D eigenvalue weighted by molar-refractivity contribution is -0.119. The van der Waals surface area contributed by atoms with E-state index in [1.807, 2.05) is 13.0 Å². The van der Waals surface area contributed by atoms with E-state index in [9.17, 15) is 9.59 Å². The van der Waals surface area contributed by atoms with Crippen LogP contribution in [0.3, 0.4) is 0 Å². The minimum Gasteiger partial charge on any atom is -0.320 e. The number of hydrogen-bond donors (Lipinski definition) is 1. The predicted molar refractivity (Wildman–Crippen MR) is 61.4 cm³/mol. The van der Waals surface area contributed by atoms with Crippen LogP contribution in [-0.4, -0.2) is 24.3 Å². The first kappa shape index (κ1) is 10.8. The van der Waals surface area contributed by atoms with Crippen LogP contribution in [0.4, 0.5) is 5.69 Å². The van der Waals surface area contributed by atoms with Gasteiger partial charge in [0.1, 0.15) is 0 Å². The van der Waals surface area contributed by atoms with Crippen molar-refractivity contribution in [1.29, 1.82) is 0 Å². The number of benzene rings is 1. The third-order valence-electron chi connectivity index (χ3n) is 2.80. The molecule has 1 amide bonds. The van der Waals surface area contributed by atoms with E-state index in [-0.39, 0.29) is 18.1 Å². The minimum absolute atomic E-state index is 0.0626. The van der Waals surface area contributed by atoms with Gasteiger partial charge in [0.05, 0.1) is 11.7 Å². The summed E-state index contributed by atoms with van der Waals surface area (Å²) in [6.45, 7) is 2.40. The maximum Gasteiger partial charge on any atom is 0.244 e. The molecular weight excluding hydrogens is 204 g/mol. The van der Waals surface area contributed by atoms with Crippen molar-refractivity contribution >= 4 is 17.4 Å². The number of fused-ring (bicyclic) bond motifs is 1. The third kappa shape index (κ3) is 1.61. The van der Waals surface area contributed by atoms with Crippen molar-refractivity contribution < 1.29 is 9.59 Å². The molecule has 0 radical (unpaired) electrons. The molecule has 1 unspecified atom stereocenters. The molecule has 0 saturated carbocycles. The number of Topliss-reactive ketones (excluding diaryl/α,β-unsaturated/α-hetero) is 1. The molecule has 0 saturated heterocycles. The molecule has 1 aromatic rings. The molecule has 0 bridgehead atoms. The molecule has 0 fully saturated rings. The highest BCUT2D eigenvalue weighted by atomic mass is 16.2. The highest BCUT2D eigenvalue weighted by Gasteiger charge is 2.30. The summed E-state index contributed by atoms with van der Waals surface area (Å²) >= 11 is 0. The minimum atomic E-state index is -0.722. The van der Waals surface area contributed by atoms with Gasteiger partial charge in [0, 0.05) is 18.5 Å². The van der Waals surface area contributed by atoms with Crippen LogP contribution in [-0.2, 0) is 4.79 Å². The number of hydrogen-bond acceptors (Lipinski definition) is 3. The van der Waals surface area contributed by atoms with Crippen molar-refractivity contribution in [3.05, 3.63) is 29.8 Å². The molecule has 1 aliphatic heterocycles. The van der Waals surface area contributed by atoms with Crippen LogP contribution < -0.4 is 10.6 Å². The number of nitrogens with two attached hydrogens (primary N) is 1. The number of likely N-dealkylation sites (N-methyl/N-ethyl adjacent to an activating group) is 1. The lowest BCUT2D eigenvalue weighted by Gasteiger charge is -2.22. The summed E-state index contributed by atoms with van der Waals surface area (Å²) < 4.78 is 0. The summed E-state index contributed by atoms with van der Waals surface area (Å²) in [4.78, 5) is 25.4. The first-order valence-electron chi connectivity index (χ1n) is 5.34. The Bertz CT molecular complexity index is 442. The molecule has 0 aromatic heterocycles. The Balaban J connectivity index is 2.57. The SMILES string of the molecule is CCN1C(=O)C(N)CC(=O)c2ccccc21. The zero-order chi connectivity index (χ0) is 11.7. The van der Waals surface area contributed by atoms with E-state index in [1.54, 1.807) is 23.1 Å². The number of carbonyl (C=O) groups excluding carboxylic acids is 2. The fourth-order valence-corrected chi connectivity index (χ4v) is 1.99. The molecule has 1 atom stereocenters. The summed E-state index contributed by atoms with van der Waals surface area (Å²) in [5, 5.41) is 0. The van der Waals surface area contributed by atoms with Crippen LogP contribution in [0.25, 0.3) is 0 Å². The second kappa shape index (κ2) is 4.06. The van der Waals surface area contributed by atoms with Crippen LogP contribution in [0.15, 0.2) is 24.3 Å². The summed E-state index contributed by atoms with van der Waals surface area (Å²) in [5.41, 5.74) is 6.96. The molecule has 16 heavy (non-hydrogen) atoms. The first-order valence-corrected chi connectivity index (χ1v) is 5.34. The highest BCUT2D eigenvalue weighted by molar-refractivity contribution is 6.12. The van der Waals surface area contributed by atoms with Gasteiger partial charge in [0.25, 0.3) is 0 Å². The number of para-hydroxylation sites is 1. The number of anilines is 1. The summed E-state index contributed by atoms with van der Waals surface area (Å²) in [6.07, 6.45) is 0.0896. The Morgan fingerprint density at radius 2 is 2.06 bits per heavy atom. The van der Waals surface area contributed by atoms with Gasteiger partial charge in [-0.1, -0.05) is 12.1 Å². The molecule has 0 spiro atoms. The molecule has 1 aliphatic rings. The van der Waals surface area contributed by atoms with Gasteiger partial charge >= 0.3 is 0 Å². The molecule has 4 heteroatoms. The van der Waals surface area contributed by atoms with Crippen molar-refractivity contribution in [2.75, 3.05) is 11.4 Å². The standard InChI is InChI=1S/C12H14N2O2/c1-2-14-10-6-4-3-5-8(10)11(15)7-9(13)12(14)16/h3-6,9H,2,7,13H2,1H3. The van der Waals surface area contributed by atoms with E-state index in [4.69, 9.17) is 5.73 Å². The van der Waals surface area contributed by atoms with Crippen molar-refractivity contribution in [2.45, 2.75) is 19.4 Å². The van der Waals surface area contributed by atoms with Crippen molar-refractivity contribution in [3.8, 4) is 0 Å². The van der Waals surface area contributed by atoms with Gasteiger partial charge < -0.3 is 10.6 Å². The van der Waals surface area contributed by atoms with E-state index in [1.165, 1.54) is 0 Å². The van der Waals surface area contributed by atoms with E-state index >= 15 is 0 Å². The number of ketones is 1. The van der Waals surface area contributed by atoms with Gasteiger partial charge in [0.15, 0.2) is 5.78 Å². The average Bonchev–Trinajstić information content (AvgIpc) is 2.37. The molecule has 1 heterocycles. The molecule has 0 aliphatic carbocycles. The Morgan fingerprint density at radius 1 is 1.38 bits per heavy atom. The monoisotopic (exact) mass is 218 g/mol. The van der Waals surface area contributed by atoms with Crippen LogP contribution in [0.2, 0.25) is 0 Å². The van der Waals surface area contributed by atoms with Gasteiger partial charge in [-0.2, -0.15) is 0 Å². The van der Waals surface area contributed by atoms with Gasteiger partial charge in [-0.3, -0.25) is 9.59 Å². The maximum absolute atomic E-state index is 11.9. The lowest BCUT2D eigenvalue weighted by atomic mass is 10.1. The third-order valence-corrected chi connectivity index (χ3v) is 2.80. The lowest BCUT2D eigenvalue weighted by Crippen LogP contribution is -2.43. The van der Waals surface area contributed by atoms with Crippen molar-refractivity contribution in [3.63, 3.8) is 0 Å². The van der Waals surface area contributed by atoms with Crippen molar-refractivity contribution in [2.24, 2.45) is 5.73 Å². The maximum atomic E-state index is 11.9. The number of nitrogens with zero attached hydrogens (tertiary/aromatic N) is 1. The average molecular weight is 218 g/mol.